The summed E-state index contributed by atoms with van der Waals surface area (Å²) in [7, 11) is 0. The van der Waals surface area contributed by atoms with Gasteiger partial charge in [-0.3, -0.25) is 0 Å². The van der Waals surface area contributed by atoms with Crippen molar-refractivity contribution in [2.45, 2.75) is 31.0 Å². The average molecular weight is 280 g/mol. The Labute approximate surface area is 115 Å². The summed E-state index contributed by atoms with van der Waals surface area (Å²) in [5, 5.41) is 8.96. The van der Waals surface area contributed by atoms with E-state index in [-0.39, 0.29) is 0 Å². The van der Waals surface area contributed by atoms with Gasteiger partial charge in [0.25, 0.3) is 0 Å². The molecule has 1 saturated heterocycles. The molecule has 0 amide bonds. The smallest absolute Gasteiger partial charge is 0.210 e. The molecule has 7 heteroatoms. The third-order valence-electron chi connectivity index (χ3n) is 3.19. The molecule has 1 unspecified atom stereocenters. The van der Waals surface area contributed by atoms with E-state index < -0.39 is 0 Å². The summed E-state index contributed by atoms with van der Waals surface area (Å²) in [5.41, 5.74) is 0.874. The largest absolute Gasteiger partial charge is 0.469 e. The number of nitrogens with zero attached hydrogens (tertiary/aromatic N) is 3. The van der Waals surface area contributed by atoms with Crippen LogP contribution in [-0.4, -0.2) is 33.3 Å². The molecule has 3 rings (SSSR count). The van der Waals surface area contributed by atoms with Gasteiger partial charge >= 0.3 is 0 Å². The minimum atomic E-state index is 0.306. The molecule has 1 aliphatic heterocycles. The molecule has 0 radical (unpaired) electrons. The van der Waals surface area contributed by atoms with Gasteiger partial charge in [-0.15, -0.1) is 10.2 Å². The number of nitrogens with two attached hydrogens (primary N) is 1. The number of rotatable bonds is 4. The quantitative estimate of drug-likeness (QED) is 0.680. The Morgan fingerprint density at radius 3 is 3.11 bits per heavy atom. The van der Waals surface area contributed by atoms with Gasteiger partial charge in [0.15, 0.2) is 5.82 Å². The molecule has 1 aliphatic rings. The third-order valence-corrected chi connectivity index (χ3v) is 4.26. The Hall–Kier alpha value is -1.47. The van der Waals surface area contributed by atoms with Crippen molar-refractivity contribution in [3.8, 4) is 11.4 Å². The molecule has 19 heavy (non-hydrogen) atoms. The Morgan fingerprint density at radius 1 is 1.53 bits per heavy atom. The molecular weight excluding hydrogens is 264 g/mol. The molecule has 2 N–H and O–H groups in total. The van der Waals surface area contributed by atoms with E-state index in [1.54, 1.807) is 18.0 Å². The topological polar surface area (TPSA) is 79.1 Å². The van der Waals surface area contributed by atoms with Gasteiger partial charge in [0, 0.05) is 12.4 Å². The number of furan rings is 1. The lowest BCUT2D eigenvalue weighted by molar-refractivity contribution is 0.129. The Kier molecular flexibility index (Phi) is 3.48. The predicted molar refractivity (Wildman–Crippen MR) is 72.3 cm³/mol. The number of aryl methyl sites for hydroxylation is 1. The molecule has 6 nitrogen and oxygen atoms in total. The van der Waals surface area contributed by atoms with Gasteiger partial charge in [0.05, 0.1) is 17.9 Å². The van der Waals surface area contributed by atoms with Gasteiger partial charge in [0.1, 0.15) is 5.76 Å². The number of ether oxygens (including phenoxy) is 1. The van der Waals surface area contributed by atoms with Crippen LogP contribution < -0.4 is 5.84 Å². The standard InChI is InChI=1S/C12H16N4O2S/c1-8-10(4-6-17-8)11-14-15-12(16(11)13)19-7-9-3-2-5-18-9/h4,6,9H,2-3,5,7,13H2,1H3. The van der Waals surface area contributed by atoms with E-state index in [1.165, 1.54) is 4.68 Å². The number of hydrogen-bond donors (Lipinski definition) is 1. The normalized spacial score (nSPS) is 19.1. The van der Waals surface area contributed by atoms with Crippen LogP contribution in [-0.2, 0) is 4.74 Å². The van der Waals surface area contributed by atoms with Crippen molar-refractivity contribution in [1.29, 1.82) is 0 Å². The van der Waals surface area contributed by atoms with Crippen molar-refractivity contribution >= 4 is 11.8 Å². The van der Waals surface area contributed by atoms with Gasteiger partial charge in [-0.25, -0.2) is 4.68 Å². The van der Waals surface area contributed by atoms with E-state index in [9.17, 15) is 0 Å². The molecule has 0 aromatic carbocycles. The molecule has 102 valence electrons. The molecule has 3 heterocycles. The highest BCUT2D eigenvalue weighted by Crippen LogP contribution is 2.26. The first kappa shape index (κ1) is 12.6. The Bertz CT molecular complexity index is 560. The summed E-state index contributed by atoms with van der Waals surface area (Å²) in [6.07, 6.45) is 4.18. The fourth-order valence-electron chi connectivity index (χ4n) is 2.12. The SMILES string of the molecule is Cc1occc1-c1nnc(SCC2CCCO2)n1N. The first-order valence-electron chi connectivity index (χ1n) is 6.25. The monoisotopic (exact) mass is 280 g/mol. The van der Waals surface area contributed by atoms with E-state index in [2.05, 4.69) is 10.2 Å². The van der Waals surface area contributed by atoms with Gasteiger partial charge in [-0.1, -0.05) is 11.8 Å². The molecule has 0 aliphatic carbocycles. The zero-order valence-corrected chi connectivity index (χ0v) is 11.5. The number of nitrogen functional groups attached to an aromatic ring is 1. The van der Waals surface area contributed by atoms with Crippen molar-refractivity contribution in [3.05, 3.63) is 18.1 Å². The summed E-state index contributed by atoms with van der Waals surface area (Å²) >= 11 is 1.58. The summed E-state index contributed by atoms with van der Waals surface area (Å²) < 4.78 is 12.4. The lowest BCUT2D eigenvalue weighted by Gasteiger charge is -2.07. The molecular formula is C12H16N4O2S. The van der Waals surface area contributed by atoms with Gasteiger partial charge < -0.3 is 15.0 Å². The van der Waals surface area contributed by atoms with Crippen LogP contribution in [0.1, 0.15) is 18.6 Å². The van der Waals surface area contributed by atoms with Crippen molar-refractivity contribution in [3.63, 3.8) is 0 Å². The fourth-order valence-corrected chi connectivity index (χ4v) is 3.04. The second kappa shape index (κ2) is 5.26. The van der Waals surface area contributed by atoms with E-state index in [4.69, 9.17) is 15.0 Å². The first-order valence-corrected chi connectivity index (χ1v) is 7.23. The highest BCUT2D eigenvalue weighted by atomic mass is 32.2. The van der Waals surface area contributed by atoms with Crippen molar-refractivity contribution < 1.29 is 9.15 Å². The van der Waals surface area contributed by atoms with Crippen LogP contribution in [0.4, 0.5) is 0 Å². The molecule has 2 aromatic rings. The molecule has 0 spiro atoms. The van der Waals surface area contributed by atoms with E-state index in [1.807, 2.05) is 13.0 Å². The van der Waals surface area contributed by atoms with Gasteiger partial charge in [-0.05, 0) is 25.8 Å². The number of aromatic nitrogens is 3. The fraction of sp³-hybridized carbons (Fsp3) is 0.500. The summed E-state index contributed by atoms with van der Waals surface area (Å²) in [6.45, 7) is 2.74. The minimum absolute atomic E-state index is 0.306. The molecule has 1 fully saturated rings. The van der Waals surface area contributed by atoms with Crippen LogP contribution in [0.25, 0.3) is 11.4 Å². The maximum atomic E-state index is 6.04. The van der Waals surface area contributed by atoms with Crippen LogP contribution >= 0.6 is 11.8 Å². The maximum Gasteiger partial charge on any atom is 0.210 e. The number of thioether (sulfide) groups is 1. The minimum Gasteiger partial charge on any atom is -0.469 e. The molecule has 0 saturated carbocycles. The van der Waals surface area contributed by atoms with Crippen molar-refractivity contribution in [1.82, 2.24) is 14.9 Å². The summed E-state index contributed by atoms with van der Waals surface area (Å²) in [6, 6.07) is 1.84. The zero-order chi connectivity index (χ0) is 13.2. The third kappa shape index (κ3) is 2.48. The summed E-state index contributed by atoms with van der Waals surface area (Å²) in [5.74, 6) is 8.31. The van der Waals surface area contributed by atoms with Crippen LogP contribution in [0.15, 0.2) is 21.9 Å². The lowest BCUT2D eigenvalue weighted by Crippen LogP contribution is -2.14. The molecule has 0 bridgehead atoms. The zero-order valence-electron chi connectivity index (χ0n) is 10.7. The van der Waals surface area contributed by atoms with Crippen LogP contribution in [0.2, 0.25) is 0 Å². The van der Waals surface area contributed by atoms with Crippen LogP contribution in [0.3, 0.4) is 0 Å². The first-order chi connectivity index (χ1) is 9.25. The average Bonchev–Trinajstić information content (AvgIpc) is 3.09. The van der Waals surface area contributed by atoms with E-state index in [0.717, 1.165) is 36.5 Å². The van der Waals surface area contributed by atoms with E-state index >= 15 is 0 Å². The molecule has 2 aromatic heterocycles. The Balaban J connectivity index is 1.73. The highest BCUT2D eigenvalue weighted by molar-refractivity contribution is 7.99. The maximum absolute atomic E-state index is 6.04. The molecule has 1 atom stereocenters. The van der Waals surface area contributed by atoms with Crippen LogP contribution in [0, 0.1) is 6.92 Å². The van der Waals surface area contributed by atoms with E-state index in [0.29, 0.717) is 17.1 Å². The van der Waals surface area contributed by atoms with Gasteiger partial charge in [0.2, 0.25) is 5.16 Å². The highest BCUT2D eigenvalue weighted by Gasteiger charge is 2.19. The predicted octanol–water partition coefficient (Wildman–Crippen LogP) is 1.83. The van der Waals surface area contributed by atoms with Gasteiger partial charge in [-0.2, -0.15) is 0 Å². The van der Waals surface area contributed by atoms with Crippen molar-refractivity contribution in [2.24, 2.45) is 0 Å². The number of hydrogen-bond acceptors (Lipinski definition) is 6. The second-order valence-electron chi connectivity index (χ2n) is 4.51. The van der Waals surface area contributed by atoms with Crippen LogP contribution in [0.5, 0.6) is 0 Å². The van der Waals surface area contributed by atoms with Crippen molar-refractivity contribution in [2.75, 3.05) is 18.2 Å². The summed E-state index contributed by atoms with van der Waals surface area (Å²) in [4.78, 5) is 0. The Morgan fingerprint density at radius 2 is 2.42 bits per heavy atom. The lowest BCUT2D eigenvalue weighted by atomic mass is 10.2. The second-order valence-corrected chi connectivity index (χ2v) is 5.50.